The van der Waals surface area contributed by atoms with E-state index in [0.29, 0.717) is 0 Å². The van der Waals surface area contributed by atoms with Crippen molar-refractivity contribution in [3.8, 4) is 0 Å². The molecular weight excluding hydrogens is 352 g/mol. The second kappa shape index (κ2) is 5.08. The van der Waals surface area contributed by atoms with Crippen molar-refractivity contribution >= 4 is 31.9 Å². The van der Waals surface area contributed by atoms with E-state index in [2.05, 4.69) is 31.0 Å². The number of hydrogen-bond acceptors (Lipinski definition) is 5. The van der Waals surface area contributed by atoms with Crippen LogP contribution < -0.4 is 4.72 Å². The van der Waals surface area contributed by atoms with E-state index in [4.69, 9.17) is 0 Å². The summed E-state index contributed by atoms with van der Waals surface area (Å²) < 4.78 is 28.3. The lowest BCUT2D eigenvalue weighted by molar-refractivity contribution is -0.150. The van der Waals surface area contributed by atoms with Crippen molar-refractivity contribution in [2.45, 2.75) is 38.3 Å². The molecule has 0 aliphatic heterocycles. The number of aryl methyl sites for hydroxylation is 1. The third kappa shape index (κ3) is 2.86. The number of carboxylic acids is 1. The van der Waals surface area contributed by atoms with E-state index in [1.807, 2.05) is 0 Å². The topological polar surface area (TPSA) is 114 Å². The Kier molecular flexibility index (Phi) is 4.33. The fourth-order valence-corrected chi connectivity index (χ4v) is 4.02. The van der Waals surface area contributed by atoms with Gasteiger partial charge in [0, 0.05) is 12.6 Å². The van der Waals surface area contributed by atoms with Gasteiger partial charge in [-0.3, -0.25) is 4.79 Å². The molecule has 0 radical (unpaired) electrons. The maximum Gasteiger partial charge on any atom is 0.310 e. The number of sulfonamides is 1. The summed E-state index contributed by atoms with van der Waals surface area (Å²) in [7, 11) is -2.54. The first-order valence-electron chi connectivity index (χ1n) is 5.65. The van der Waals surface area contributed by atoms with Crippen LogP contribution >= 0.6 is 15.9 Å². The van der Waals surface area contributed by atoms with E-state index in [1.54, 1.807) is 0 Å². The van der Waals surface area contributed by atoms with Crippen molar-refractivity contribution in [1.82, 2.24) is 19.7 Å². The van der Waals surface area contributed by atoms with Crippen LogP contribution in [0.1, 0.15) is 27.7 Å². The number of rotatable bonds is 5. The number of hydrogen-bond donors (Lipinski definition) is 2. The molecule has 1 heterocycles. The van der Waals surface area contributed by atoms with Crippen LogP contribution in [0.5, 0.6) is 0 Å². The molecule has 0 atom stereocenters. The SMILES string of the molecule is Cn1nnc(Br)c1S(=O)(=O)NC(C)(C)C(C)(C)C(=O)O. The summed E-state index contributed by atoms with van der Waals surface area (Å²) in [5, 5.41) is 16.3. The minimum absolute atomic E-state index is 0.0661. The van der Waals surface area contributed by atoms with Gasteiger partial charge in [-0.2, -0.15) is 0 Å². The van der Waals surface area contributed by atoms with Crippen molar-refractivity contribution in [2.24, 2.45) is 12.5 Å². The monoisotopic (exact) mass is 368 g/mol. The zero-order valence-corrected chi connectivity index (χ0v) is 14.2. The lowest BCUT2D eigenvalue weighted by atomic mass is 9.75. The van der Waals surface area contributed by atoms with Gasteiger partial charge in [-0.1, -0.05) is 5.21 Å². The average molecular weight is 369 g/mol. The van der Waals surface area contributed by atoms with Crippen LogP contribution in [0.2, 0.25) is 0 Å². The molecule has 8 nitrogen and oxygen atoms in total. The Bertz CT molecular complexity index is 616. The molecule has 1 aromatic heterocycles. The van der Waals surface area contributed by atoms with Crippen LogP contribution in [0.15, 0.2) is 9.63 Å². The molecule has 0 amide bonds. The molecule has 114 valence electrons. The molecule has 0 aromatic carbocycles. The third-order valence-corrected chi connectivity index (χ3v) is 6.02. The fourth-order valence-electron chi connectivity index (χ4n) is 1.39. The molecule has 1 aromatic rings. The Balaban J connectivity index is 3.25. The van der Waals surface area contributed by atoms with Crippen LogP contribution in [0.3, 0.4) is 0 Å². The number of halogens is 1. The number of nitrogens with one attached hydrogen (secondary N) is 1. The third-order valence-electron chi connectivity index (χ3n) is 3.48. The lowest BCUT2D eigenvalue weighted by Crippen LogP contribution is -2.57. The number of aromatic nitrogens is 3. The van der Waals surface area contributed by atoms with Gasteiger partial charge in [0.2, 0.25) is 5.03 Å². The van der Waals surface area contributed by atoms with Gasteiger partial charge >= 0.3 is 5.97 Å². The fraction of sp³-hybridized carbons (Fsp3) is 0.700. The molecule has 10 heteroatoms. The predicted molar refractivity (Wildman–Crippen MR) is 74.5 cm³/mol. The van der Waals surface area contributed by atoms with Gasteiger partial charge in [0.25, 0.3) is 10.0 Å². The Morgan fingerprint density at radius 1 is 1.35 bits per heavy atom. The number of aliphatic carboxylic acids is 1. The second-order valence-corrected chi connectivity index (χ2v) is 7.82. The van der Waals surface area contributed by atoms with Crippen LogP contribution in [0.4, 0.5) is 0 Å². The molecular formula is C10H17BrN4O4S. The summed E-state index contributed by atoms with van der Waals surface area (Å²) in [6.07, 6.45) is 0. The maximum atomic E-state index is 12.4. The minimum Gasteiger partial charge on any atom is -0.481 e. The maximum absolute atomic E-state index is 12.4. The highest BCUT2D eigenvalue weighted by Crippen LogP contribution is 2.32. The first-order valence-corrected chi connectivity index (χ1v) is 7.93. The molecule has 1 rings (SSSR count). The van der Waals surface area contributed by atoms with E-state index in [9.17, 15) is 18.3 Å². The van der Waals surface area contributed by atoms with E-state index < -0.39 is 26.9 Å². The molecule has 20 heavy (non-hydrogen) atoms. The number of carbonyl (C=O) groups is 1. The molecule has 0 aliphatic carbocycles. The van der Waals surface area contributed by atoms with Crippen molar-refractivity contribution in [1.29, 1.82) is 0 Å². The van der Waals surface area contributed by atoms with Gasteiger partial charge in [-0.15, -0.1) is 5.10 Å². The van der Waals surface area contributed by atoms with E-state index in [0.717, 1.165) is 4.68 Å². The van der Waals surface area contributed by atoms with Crippen molar-refractivity contribution in [2.75, 3.05) is 0 Å². The van der Waals surface area contributed by atoms with E-state index in [1.165, 1.54) is 34.7 Å². The van der Waals surface area contributed by atoms with Crippen LogP contribution in [-0.4, -0.2) is 40.0 Å². The summed E-state index contributed by atoms with van der Waals surface area (Å²) >= 11 is 3.01. The highest BCUT2D eigenvalue weighted by Gasteiger charge is 2.46. The molecule has 0 saturated heterocycles. The normalized spacial score (nSPS) is 13.5. The van der Waals surface area contributed by atoms with Gasteiger partial charge in [-0.05, 0) is 43.6 Å². The zero-order chi connectivity index (χ0) is 15.9. The summed E-state index contributed by atoms with van der Waals surface area (Å²) in [5.74, 6) is -1.10. The Morgan fingerprint density at radius 3 is 2.20 bits per heavy atom. The first kappa shape index (κ1) is 17.1. The molecule has 0 bridgehead atoms. The van der Waals surface area contributed by atoms with Gasteiger partial charge in [-0.25, -0.2) is 17.8 Å². The molecule has 2 N–H and O–H groups in total. The van der Waals surface area contributed by atoms with Crippen LogP contribution in [-0.2, 0) is 21.9 Å². The number of nitrogens with zero attached hydrogens (tertiary/aromatic N) is 3. The minimum atomic E-state index is -3.97. The zero-order valence-electron chi connectivity index (χ0n) is 11.8. The predicted octanol–water partition coefficient (Wildman–Crippen LogP) is 0.745. The molecule has 0 unspecified atom stereocenters. The molecule has 0 spiro atoms. The molecule has 0 fully saturated rings. The van der Waals surface area contributed by atoms with Gasteiger partial charge < -0.3 is 5.11 Å². The highest BCUT2D eigenvalue weighted by atomic mass is 79.9. The Labute approximate surface area is 125 Å². The first-order chi connectivity index (χ1) is 8.83. The summed E-state index contributed by atoms with van der Waals surface area (Å²) in [6, 6.07) is 0. The van der Waals surface area contributed by atoms with Gasteiger partial charge in [0.05, 0.1) is 5.41 Å². The smallest absolute Gasteiger partial charge is 0.310 e. The average Bonchev–Trinajstić information content (AvgIpc) is 2.56. The van der Waals surface area contributed by atoms with Crippen LogP contribution in [0, 0.1) is 5.41 Å². The van der Waals surface area contributed by atoms with Gasteiger partial charge in [0.1, 0.15) is 0 Å². The lowest BCUT2D eigenvalue weighted by Gasteiger charge is -2.38. The van der Waals surface area contributed by atoms with Crippen molar-refractivity contribution < 1.29 is 18.3 Å². The summed E-state index contributed by atoms with van der Waals surface area (Å²) in [5.41, 5.74) is -2.53. The summed E-state index contributed by atoms with van der Waals surface area (Å²) in [6.45, 7) is 5.93. The van der Waals surface area contributed by atoms with Crippen molar-refractivity contribution in [3.05, 3.63) is 4.60 Å². The van der Waals surface area contributed by atoms with Crippen LogP contribution in [0.25, 0.3) is 0 Å². The Hall–Kier alpha value is -1.00. The number of carboxylic acid groups (broad SMARTS) is 1. The molecule has 0 aliphatic rings. The highest BCUT2D eigenvalue weighted by molar-refractivity contribution is 9.10. The molecule has 0 saturated carbocycles. The standard InChI is InChI=1S/C10H17BrN4O4S/c1-9(2,8(16)17)10(3,4)13-20(18,19)7-6(11)12-14-15(7)5/h13H,1-5H3,(H,16,17). The Morgan fingerprint density at radius 2 is 1.85 bits per heavy atom. The quantitative estimate of drug-likeness (QED) is 0.792. The van der Waals surface area contributed by atoms with Crippen molar-refractivity contribution in [3.63, 3.8) is 0 Å². The largest absolute Gasteiger partial charge is 0.481 e. The van der Waals surface area contributed by atoms with E-state index in [-0.39, 0.29) is 9.63 Å². The van der Waals surface area contributed by atoms with Gasteiger partial charge in [0.15, 0.2) is 4.60 Å². The van der Waals surface area contributed by atoms with E-state index >= 15 is 0 Å². The second-order valence-electron chi connectivity index (χ2n) is 5.47. The summed E-state index contributed by atoms with van der Waals surface area (Å²) in [4.78, 5) is 11.3.